The molecule has 0 unspecified atom stereocenters. The molecule has 3 rings (SSSR count). The van der Waals surface area contributed by atoms with Gasteiger partial charge >= 0.3 is 6.03 Å². The SMILES string of the molecule is CCOc1ccc(CN(CCCn2ccnc2)C(=O)NCCCCN2CCC(C)CC2)cc1. The fraction of sp³-hybridized carbons (Fsp3) is 0.615. The van der Waals surface area contributed by atoms with Gasteiger partial charge in [-0.3, -0.25) is 0 Å². The van der Waals surface area contributed by atoms with E-state index in [0.29, 0.717) is 19.7 Å². The van der Waals surface area contributed by atoms with Gasteiger partial charge in [-0.15, -0.1) is 0 Å². The predicted molar refractivity (Wildman–Crippen MR) is 132 cm³/mol. The number of carbonyl (C=O) groups excluding carboxylic acids is 1. The monoisotopic (exact) mass is 455 g/mol. The van der Waals surface area contributed by atoms with Crippen LogP contribution < -0.4 is 10.1 Å². The Hall–Kier alpha value is -2.54. The van der Waals surface area contributed by atoms with Crippen molar-refractivity contribution >= 4 is 6.03 Å². The lowest BCUT2D eigenvalue weighted by atomic mass is 9.99. The lowest BCUT2D eigenvalue weighted by molar-refractivity contribution is 0.186. The predicted octanol–water partition coefficient (Wildman–Crippen LogP) is 4.40. The minimum absolute atomic E-state index is 0.0151. The van der Waals surface area contributed by atoms with Crippen LogP contribution in [0, 0.1) is 5.92 Å². The number of hydrogen-bond donors (Lipinski definition) is 1. The van der Waals surface area contributed by atoms with Crippen molar-refractivity contribution in [2.75, 3.05) is 39.3 Å². The third-order valence-corrected chi connectivity index (χ3v) is 6.35. The summed E-state index contributed by atoms with van der Waals surface area (Å²) in [7, 11) is 0. The molecule has 0 spiro atoms. The van der Waals surface area contributed by atoms with Gasteiger partial charge in [-0.05, 0) is 82.3 Å². The molecule has 1 aliphatic heterocycles. The van der Waals surface area contributed by atoms with Crippen LogP contribution in [0.15, 0.2) is 43.0 Å². The number of piperidine rings is 1. The summed E-state index contributed by atoms with van der Waals surface area (Å²) in [5.41, 5.74) is 1.11. The first-order chi connectivity index (χ1) is 16.1. The van der Waals surface area contributed by atoms with E-state index in [-0.39, 0.29) is 6.03 Å². The summed E-state index contributed by atoms with van der Waals surface area (Å²) in [4.78, 5) is 21.5. The molecule has 2 aromatic rings. The molecule has 182 valence electrons. The van der Waals surface area contributed by atoms with Gasteiger partial charge in [0.1, 0.15) is 5.75 Å². The normalized spacial score (nSPS) is 14.8. The fourth-order valence-electron chi connectivity index (χ4n) is 4.25. The second-order valence-electron chi connectivity index (χ2n) is 9.12. The van der Waals surface area contributed by atoms with E-state index in [4.69, 9.17) is 4.74 Å². The van der Waals surface area contributed by atoms with Crippen molar-refractivity contribution in [2.24, 2.45) is 5.92 Å². The number of rotatable bonds is 13. The number of urea groups is 1. The van der Waals surface area contributed by atoms with Gasteiger partial charge in [0, 0.05) is 38.6 Å². The Morgan fingerprint density at radius 3 is 2.64 bits per heavy atom. The first kappa shape index (κ1) is 25.1. The Kier molecular flexibility index (Phi) is 10.6. The number of aromatic nitrogens is 2. The number of hydrogen-bond acceptors (Lipinski definition) is 4. The second-order valence-corrected chi connectivity index (χ2v) is 9.12. The third kappa shape index (κ3) is 9.08. The molecule has 7 nitrogen and oxygen atoms in total. The number of amides is 2. The molecular weight excluding hydrogens is 414 g/mol. The van der Waals surface area contributed by atoms with E-state index in [9.17, 15) is 4.79 Å². The maximum atomic E-state index is 13.0. The first-order valence-corrected chi connectivity index (χ1v) is 12.6. The zero-order valence-corrected chi connectivity index (χ0v) is 20.4. The summed E-state index contributed by atoms with van der Waals surface area (Å²) >= 11 is 0. The van der Waals surface area contributed by atoms with Crippen molar-refractivity contribution in [2.45, 2.75) is 59.0 Å². The van der Waals surface area contributed by atoms with Gasteiger partial charge in [0.15, 0.2) is 0 Å². The number of ether oxygens (including phenoxy) is 1. The van der Waals surface area contributed by atoms with Gasteiger partial charge in [0.25, 0.3) is 0 Å². The topological polar surface area (TPSA) is 62.6 Å². The van der Waals surface area contributed by atoms with Crippen molar-refractivity contribution in [3.05, 3.63) is 48.5 Å². The quantitative estimate of drug-likeness (QED) is 0.455. The fourth-order valence-corrected chi connectivity index (χ4v) is 4.25. The highest BCUT2D eigenvalue weighted by Gasteiger charge is 2.16. The molecular formula is C26H41N5O2. The average molecular weight is 456 g/mol. The maximum absolute atomic E-state index is 13.0. The number of benzene rings is 1. The summed E-state index contributed by atoms with van der Waals surface area (Å²) in [5.74, 6) is 1.73. The van der Waals surface area contributed by atoms with E-state index in [2.05, 4.69) is 22.1 Å². The van der Waals surface area contributed by atoms with Crippen LogP contribution >= 0.6 is 0 Å². The van der Waals surface area contributed by atoms with Crippen LogP contribution in [0.4, 0.5) is 4.79 Å². The van der Waals surface area contributed by atoms with Crippen LogP contribution in [-0.4, -0.2) is 64.7 Å². The molecule has 0 bridgehead atoms. The molecule has 1 N–H and O–H groups in total. The van der Waals surface area contributed by atoms with E-state index < -0.39 is 0 Å². The Balaban J connectivity index is 1.43. The lowest BCUT2D eigenvalue weighted by Crippen LogP contribution is -2.41. The molecule has 1 aliphatic rings. The van der Waals surface area contributed by atoms with Crippen LogP contribution in [0.3, 0.4) is 0 Å². The highest BCUT2D eigenvalue weighted by Crippen LogP contribution is 2.16. The zero-order valence-electron chi connectivity index (χ0n) is 20.4. The molecule has 1 aromatic heterocycles. The smallest absolute Gasteiger partial charge is 0.317 e. The molecule has 0 aliphatic carbocycles. The summed E-state index contributed by atoms with van der Waals surface area (Å²) in [6.45, 7) is 11.4. The van der Waals surface area contributed by atoms with Crippen molar-refractivity contribution in [1.29, 1.82) is 0 Å². The standard InChI is InChI=1S/C26H41N5O2/c1-3-33-25-9-7-24(8-10-25)21-31(17-6-16-30-20-14-27-22-30)26(32)28-13-4-5-15-29-18-11-23(2)12-19-29/h7-10,14,20,22-23H,3-6,11-13,15-19,21H2,1-2H3,(H,28,32). The van der Waals surface area contributed by atoms with Crippen molar-refractivity contribution in [3.8, 4) is 5.75 Å². The Morgan fingerprint density at radius 1 is 1.15 bits per heavy atom. The number of nitrogens with zero attached hydrogens (tertiary/aromatic N) is 4. The van der Waals surface area contributed by atoms with Crippen molar-refractivity contribution < 1.29 is 9.53 Å². The lowest BCUT2D eigenvalue weighted by Gasteiger charge is -2.30. The van der Waals surface area contributed by atoms with Crippen LogP contribution in [0.1, 0.15) is 51.5 Å². The third-order valence-electron chi connectivity index (χ3n) is 6.35. The molecule has 0 saturated carbocycles. The van der Waals surface area contributed by atoms with Gasteiger partial charge in [-0.25, -0.2) is 9.78 Å². The van der Waals surface area contributed by atoms with Crippen LogP contribution in [0.5, 0.6) is 5.75 Å². The van der Waals surface area contributed by atoms with E-state index in [1.165, 1.54) is 25.9 Å². The van der Waals surface area contributed by atoms with E-state index in [1.807, 2.05) is 53.2 Å². The van der Waals surface area contributed by atoms with Crippen LogP contribution in [0.2, 0.25) is 0 Å². The number of nitrogens with one attached hydrogen (secondary N) is 1. The number of aryl methyl sites for hydroxylation is 1. The zero-order chi connectivity index (χ0) is 23.3. The van der Waals surface area contributed by atoms with E-state index in [1.54, 1.807) is 6.20 Å². The van der Waals surface area contributed by atoms with E-state index >= 15 is 0 Å². The minimum atomic E-state index is 0.0151. The van der Waals surface area contributed by atoms with Crippen molar-refractivity contribution in [3.63, 3.8) is 0 Å². The Labute approximate surface area is 199 Å². The molecule has 2 amide bonds. The Bertz CT molecular complexity index is 786. The molecule has 7 heteroatoms. The highest BCUT2D eigenvalue weighted by molar-refractivity contribution is 5.74. The number of carbonyl (C=O) groups is 1. The maximum Gasteiger partial charge on any atom is 0.317 e. The summed E-state index contributed by atoms with van der Waals surface area (Å²) in [5, 5.41) is 3.15. The summed E-state index contributed by atoms with van der Waals surface area (Å²) < 4.78 is 7.59. The molecule has 1 saturated heterocycles. The first-order valence-electron chi connectivity index (χ1n) is 12.6. The Morgan fingerprint density at radius 2 is 1.94 bits per heavy atom. The number of likely N-dealkylation sites (tertiary alicyclic amines) is 1. The van der Waals surface area contributed by atoms with Crippen LogP contribution in [0.25, 0.3) is 0 Å². The minimum Gasteiger partial charge on any atom is -0.494 e. The molecule has 1 aromatic carbocycles. The second kappa shape index (κ2) is 13.9. The van der Waals surface area contributed by atoms with Crippen LogP contribution in [-0.2, 0) is 13.1 Å². The van der Waals surface area contributed by atoms with Gasteiger partial charge in [0.05, 0.1) is 12.9 Å². The molecule has 0 radical (unpaired) electrons. The summed E-state index contributed by atoms with van der Waals surface area (Å²) in [6.07, 6.45) is 11.2. The highest BCUT2D eigenvalue weighted by atomic mass is 16.5. The van der Waals surface area contributed by atoms with E-state index in [0.717, 1.165) is 56.1 Å². The number of unbranched alkanes of at least 4 members (excludes halogenated alkanes) is 1. The molecule has 1 fully saturated rings. The molecule has 2 heterocycles. The van der Waals surface area contributed by atoms with Gasteiger partial charge in [0.2, 0.25) is 0 Å². The average Bonchev–Trinajstić information content (AvgIpc) is 3.34. The van der Waals surface area contributed by atoms with Gasteiger partial charge < -0.3 is 24.4 Å². The molecule has 0 atom stereocenters. The van der Waals surface area contributed by atoms with Gasteiger partial charge in [-0.1, -0.05) is 19.1 Å². The summed E-state index contributed by atoms with van der Waals surface area (Å²) in [6, 6.07) is 8.05. The number of imidazole rings is 1. The largest absolute Gasteiger partial charge is 0.494 e. The van der Waals surface area contributed by atoms with Crippen molar-refractivity contribution in [1.82, 2.24) is 24.7 Å². The molecule has 33 heavy (non-hydrogen) atoms. The van der Waals surface area contributed by atoms with Gasteiger partial charge in [-0.2, -0.15) is 0 Å².